The van der Waals surface area contributed by atoms with E-state index in [4.69, 9.17) is 9.72 Å². The normalized spacial score (nSPS) is 10.9. The van der Waals surface area contributed by atoms with Gasteiger partial charge in [-0.05, 0) is 48.2 Å². The second-order valence-corrected chi connectivity index (χ2v) is 7.41. The van der Waals surface area contributed by atoms with Crippen molar-refractivity contribution in [2.45, 2.75) is 39.8 Å². The highest BCUT2D eigenvalue weighted by atomic mass is 16.5. The fraction of sp³-hybridized carbons (Fsp3) is 0.231. The number of fused-ring (bicyclic) bond motifs is 1. The molecule has 4 aromatic rings. The molecule has 0 atom stereocenters. The van der Waals surface area contributed by atoms with Crippen LogP contribution in [0.25, 0.3) is 11.0 Å². The zero-order valence-corrected chi connectivity index (χ0v) is 18.0. The Kier molecular flexibility index (Phi) is 6.32. The number of aromatic nitrogens is 2. The maximum Gasteiger partial charge on any atom is 0.244 e. The van der Waals surface area contributed by atoms with Gasteiger partial charge < -0.3 is 14.6 Å². The number of carbonyl (C=O) groups is 1. The number of aryl methyl sites for hydroxylation is 2. The highest BCUT2D eigenvalue weighted by Crippen LogP contribution is 2.23. The fourth-order valence-electron chi connectivity index (χ4n) is 3.80. The van der Waals surface area contributed by atoms with Gasteiger partial charge in [0.05, 0.1) is 11.0 Å². The number of nitrogens with one attached hydrogen (secondary N) is 1. The van der Waals surface area contributed by atoms with Crippen LogP contribution in [0.2, 0.25) is 0 Å². The van der Waals surface area contributed by atoms with Gasteiger partial charge in [0.25, 0.3) is 0 Å². The van der Waals surface area contributed by atoms with E-state index in [1.54, 1.807) is 0 Å². The molecule has 0 radical (unpaired) electrons. The van der Waals surface area contributed by atoms with Crippen LogP contribution in [0.4, 0.5) is 5.69 Å². The molecule has 0 aliphatic heterocycles. The van der Waals surface area contributed by atoms with E-state index in [2.05, 4.69) is 37.4 Å². The van der Waals surface area contributed by atoms with Gasteiger partial charge in [0.2, 0.25) is 5.91 Å². The molecule has 158 valence electrons. The monoisotopic (exact) mass is 413 g/mol. The molecule has 0 fully saturated rings. The molecule has 0 bridgehead atoms. The summed E-state index contributed by atoms with van der Waals surface area (Å²) < 4.78 is 7.86. The lowest BCUT2D eigenvalue weighted by Crippen LogP contribution is -2.22. The van der Waals surface area contributed by atoms with Gasteiger partial charge in [0.1, 0.15) is 24.7 Å². The summed E-state index contributed by atoms with van der Waals surface area (Å²) in [5, 5.41) is 3.16. The third-order valence-electron chi connectivity index (χ3n) is 5.41. The van der Waals surface area contributed by atoms with Crippen molar-refractivity contribution in [3.05, 3.63) is 89.7 Å². The van der Waals surface area contributed by atoms with Gasteiger partial charge in [0, 0.05) is 5.69 Å². The molecular weight excluding hydrogens is 386 g/mol. The third kappa shape index (κ3) is 4.61. The van der Waals surface area contributed by atoms with Gasteiger partial charge in [-0.3, -0.25) is 4.79 Å². The van der Waals surface area contributed by atoms with Crippen LogP contribution in [-0.4, -0.2) is 15.5 Å². The zero-order chi connectivity index (χ0) is 21.6. The lowest BCUT2D eigenvalue weighted by Gasteiger charge is -2.16. The summed E-state index contributed by atoms with van der Waals surface area (Å²) in [6, 6.07) is 23.7. The summed E-state index contributed by atoms with van der Waals surface area (Å²) in [7, 11) is 0. The van der Waals surface area contributed by atoms with Crippen molar-refractivity contribution in [1.82, 2.24) is 9.55 Å². The van der Waals surface area contributed by atoms with Crippen LogP contribution in [0, 0.1) is 0 Å². The van der Waals surface area contributed by atoms with Gasteiger partial charge in [-0.1, -0.05) is 62.4 Å². The average molecular weight is 414 g/mol. The molecule has 3 aromatic carbocycles. The first-order valence-electron chi connectivity index (χ1n) is 10.7. The molecule has 4 rings (SSSR count). The Morgan fingerprint density at radius 1 is 0.903 bits per heavy atom. The number of anilines is 1. The molecule has 1 aromatic heterocycles. The molecule has 0 aliphatic carbocycles. The van der Waals surface area contributed by atoms with E-state index in [1.807, 2.05) is 59.2 Å². The number of hydrogen-bond donors (Lipinski definition) is 1. The Bertz CT molecular complexity index is 1160. The Hall–Kier alpha value is -3.60. The van der Waals surface area contributed by atoms with E-state index in [-0.39, 0.29) is 19.1 Å². The first-order chi connectivity index (χ1) is 15.2. The molecule has 0 spiro atoms. The van der Waals surface area contributed by atoms with Gasteiger partial charge in [-0.25, -0.2) is 4.98 Å². The van der Waals surface area contributed by atoms with Gasteiger partial charge in [0.15, 0.2) is 0 Å². The molecule has 5 heteroatoms. The minimum atomic E-state index is -0.0697. The Morgan fingerprint density at radius 2 is 1.58 bits per heavy atom. The number of ether oxygens (including phenoxy) is 1. The molecule has 5 nitrogen and oxygen atoms in total. The Balaban J connectivity index is 1.60. The third-order valence-corrected chi connectivity index (χ3v) is 5.41. The molecule has 31 heavy (non-hydrogen) atoms. The number of rotatable bonds is 8. The number of para-hydroxylation sites is 4. The van der Waals surface area contributed by atoms with Crippen LogP contribution in [0.15, 0.2) is 72.8 Å². The lowest BCUT2D eigenvalue weighted by atomic mass is 10.0. The highest BCUT2D eigenvalue weighted by molar-refractivity contribution is 5.93. The van der Waals surface area contributed by atoms with Crippen LogP contribution in [0.3, 0.4) is 0 Å². The largest absolute Gasteiger partial charge is 0.486 e. The van der Waals surface area contributed by atoms with Crippen molar-refractivity contribution in [3.63, 3.8) is 0 Å². The van der Waals surface area contributed by atoms with Gasteiger partial charge >= 0.3 is 0 Å². The average Bonchev–Trinajstić information content (AvgIpc) is 3.15. The Labute approximate surface area is 182 Å². The van der Waals surface area contributed by atoms with Gasteiger partial charge in [-0.2, -0.15) is 0 Å². The molecule has 0 saturated heterocycles. The van der Waals surface area contributed by atoms with Crippen molar-refractivity contribution in [2.75, 3.05) is 5.32 Å². The van der Waals surface area contributed by atoms with E-state index in [0.29, 0.717) is 0 Å². The predicted molar refractivity (Wildman–Crippen MR) is 124 cm³/mol. The zero-order valence-electron chi connectivity index (χ0n) is 18.0. The van der Waals surface area contributed by atoms with Crippen LogP contribution >= 0.6 is 0 Å². The smallest absolute Gasteiger partial charge is 0.244 e. The minimum absolute atomic E-state index is 0.0697. The molecule has 0 aliphatic rings. The van der Waals surface area contributed by atoms with Crippen LogP contribution in [-0.2, 0) is 30.8 Å². The quantitative estimate of drug-likeness (QED) is 0.422. The number of imidazole rings is 1. The maximum absolute atomic E-state index is 13.1. The van der Waals surface area contributed by atoms with Crippen molar-refractivity contribution in [3.8, 4) is 5.75 Å². The summed E-state index contributed by atoms with van der Waals surface area (Å²) in [5.74, 6) is 1.43. The number of carbonyl (C=O) groups excluding carboxylic acids is 1. The highest BCUT2D eigenvalue weighted by Gasteiger charge is 2.16. The number of hydrogen-bond acceptors (Lipinski definition) is 3. The van der Waals surface area contributed by atoms with Crippen molar-refractivity contribution >= 4 is 22.6 Å². The van der Waals surface area contributed by atoms with Crippen LogP contribution < -0.4 is 10.1 Å². The second kappa shape index (κ2) is 9.47. The second-order valence-electron chi connectivity index (χ2n) is 7.41. The number of benzene rings is 3. The fourth-order valence-corrected chi connectivity index (χ4v) is 3.80. The summed E-state index contributed by atoms with van der Waals surface area (Å²) in [6.07, 6.45) is 1.74. The molecule has 1 amide bonds. The summed E-state index contributed by atoms with van der Waals surface area (Å²) in [6.45, 7) is 4.67. The standard InChI is InChI=1S/C26H27N3O2/c1-3-19-11-10-12-20(4-2)26(19)28-25(30)17-29-23-16-9-8-15-22(23)27-24(29)18-31-21-13-6-5-7-14-21/h5-16H,3-4,17-18H2,1-2H3,(H,28,30). The van der Waals surface area contributed by atoms with E-state index < -0.39 is 0 Å². The van der Waals surface area contributed by atoms with Crippen molar-refractivity contribution in [2.24, 2.45) is 0 Å². The van der Waals surface area contributed by atoms with E-state index >= 15 is 0 Å². The van der Waals surface area contributed by atoms with E-state index in [1.165, 1.54) is 0 Å². The van der Waals surface area contributed by atoms with E-state index in [9.17, 15) is 4.79 Å². The summed E-state index contributed by atoms with van der Waals surface area (Å²) in [5.41, 5.74) is 5.00. The summed E-state index contributed by atoms with van der Waals surface area (Å²) in [4.78, 5) is 17.8. The number of nitrogens with zero attached hydrogens (tertiary/aromatic N) is 2. The number of amides is 1. The topological polar surface area (TPSA) is 56.2 Å². The SMILES string of the molecule is CCc1cccc(CC)c1NC(=O)Cn1c(COc2ccccc2)nc2ccccc21. The predicted octanol–water partition coefficient (Wildman–Crippen LogP) is 5.38. The minimum Gasteiger partial charge on any atom is -0.486 e. The Morgan fingerprint density at radius 3 is 2.29 bits per heavy atom. The molecule has 0 unspecified atom stereocenters. The van der Waals surface area contributed by atoms with Crippen molar-refractivity contribution in [1.29, 1.82) is 0 Å². The molecule has 1 N–H and O–H groups in total. The first kappa shape index (κ1) is 20.7. The molecule has 0 saturated carbocycles. The molecule has 1 heterocycles. The van der Waals surface area contributed by atoms with Crippen molar-refractivity contribution < 1.29 is 9.53 Å². The molecular formula is C26H27N3O2. The van der Waals surface area contributed by atoms with Gasteiger partial charge in [-0.15, -0.1) is 0 Å². The maximum atomic E-state index is 13.1. The summed E-state index contributed by atoms with van der Waals surface area (Å²) >= 11 is 0. The first-order valence-corrected chi connectivity index (χ1v) is 10.7. The van der Waals surface area contributed by atoms with E-state index in [0.717, 1.165) is 52.3 Å². The lowest BCUT2D eigenvalue weighted by molar-refractivity contribution is -0.116. The van der Waals surface area contributed by atoms with Crippen LogP contribution in [0.5, 0.6) is 5.75 Å². The van der Waals surface area contributed by atoms with Crippen LogP contribution in [0.1, 0.15) is 30.8 Å².